The molecule has 2 aromatic rings. The number of rotatable bonds is 2. The van der Waals surface area contributed by atoms with Crippen LogP contribution in [0.2, 0.25) is 5.02 Å². The van der Waals surface area contributed by atoms with Crippen LogP contribution in [-0.4, -0.2) is 6.79 Å². The lowest BCUT2D eigenvalue weighted by Gasteiger charge is -2.17. The molecular formula is C17H16ClNO2. The molecule has 2 aliphatic rings. The summed E-state index contributed by atoms with van der Waals surface area (Å²) in [5.41, 5.74) is 5.00. The Kier molecular flexibility index (Phi) is 2.96. The average Bonchev–Trinajstić information content (AvgIpc) is 3.06. The molecule has 0 bridgehead atoms. The molecule has 0 saturated heterocycles. The molecule has 0 fully saturated rings. The minimum absolute atomic E-state index is 0.264. The van der Waals surface area contributed by atoms with Crippen LogP contribution in [-0.2, 0) is 6.42 Å². The van der Waals surface area contributed by atoms with Crippen LogP contribution in [0.25, 0.3) is 0 Å². The summed E-state index contributed by atoms with van der Waals surface area (Å²) in [4.78, 5) is 0. The third-order valence-corrected chi connectivity index (χ3v) is 4.48. The summed E-state index contributed by atoms with van der Waals surface area (Å²) in [5.74, 6) is 1.47. The molecule has 21 heavy (non-hydrogen) atoms. The van der Waals surface area contributed by atoms with Crippen LogP contribution in [0.1, 0.15) is 29.2 Å². The Morgan fingerprint density at radius 2 is 1.95 bits per heavy atom. The first kappa shape index (κ1) is 12.8. The van der Waals surface area contributed by atoms with Crippen LogP contribution in [0, 0.1) is 6.92 Å². The van der Waals surface area contributed by atoms with E-state index in [2.05, 4.69) is 30.4 Å². The lowest BCUT2D eigenvalue weighted by Crippen LogP contribution is -2.07. The number of halogens is 1. The highest BCUT2D eigenvalue weighted by Crippen LogP contribution is 2.42. The topological polar surface area (TPSA) is 30.5 Å². The van der Waals surface area contributed by atoms with E-state index in [1.54, 1.807) is 0 Å². The molecule has 0 aromatic heterocycles. The Morgan fingerprint density at radius 3 is 2.81 bits per heavy atom. The highest BCUT2D eigenvalue weighted by atomic mass is 35.5. The number of benzene rings is 2. The summed E-state index contributed by atoms with van der Waals surface area (Å²) in [5, 5.41) is 4.22. The van der Waals surface area contributed by atoms with Crippen LogP contribution < -0.4 is 14.8 Å². The Hall–Kier alpha value is -1.87. The molecule has 3 nitrogen and oxygen atoms in total. The molecule has 4 heteroatoms. The van der Waals surface area contributed by atoms with E-state index in [1.807, 2.05) is 12.1 Å². The monoisotopic (exact) mass is 301 g/mol. The van der Waals surface area contributed by atoms with Crippen molar-refractivity contribution in [1.82, 2.24) is 0 Å². The second-order valence-electron chi connectivity index (χ2n) is 5.62. The minimum Gasteiger partial charge on any atom is -0.454 e. The van der Waals surface area contributed by atoms with Gasteiger partial charge in [0.15, 0.2) is 11.5 Å². The Balaban J connectivity index is 1.65. The molecule has 108 valence electrons. The number of anilines is 1. The Bertz CT molecular complexity index is 714. The summed E-state index contributed by atoms with van der Waals surface area (Å²) in [6, 6.07) is 10.7. The highest BCUT2D eigenvalue weighted by molar-refractivity contribution is 6.33. The number of ether oxygens (including phenoxy) is 2. The van der Waals surface area contributed by atoms with E-state index in [0.29, 0.717) is 16.8 Å². The van der Waals surface area contributed by atoms with Crippen molar-refractivity contribution < 1.29 is 9.47 Å². The van der Waals surface area contributed by atoms with Crippen molar-refractivity contribution in [3.8, 4) is 11.5 Å². The normalized spacial score (nSPS) is 18.7. The molecule has 1 aliphatic carbocycles. The maximum Gasteiger partial charge on any atom is 0.231 e. The van der Waals surface area contributed by atoms with Gasteiger partial charge in [0, 0.05) is 12.1 Å². The molecule has 2 aromatic carbocycles. The lowest BCUT2D eigenvalue weighted by molar-refractivity contribution is 0.174. The van der Waals surface area contributed by atoms with Gasteiger partial charge in [0.05, 0.1) is 16.8 Å². The van der Waals surface area contributed by atoms with Crippen LogP contribution in [0.5, 0.6) is 11.5 Å². The molecule has 0 radical (unpaired) electrons. The third-order valence-electron chi connectivity index (χ3n) is 4.17. The number of fused-ring (bicyclic) bond motifs is 2. The zero-order valence-corrected chi connectivity index (χ0v) is 12.5. The van der Waals surface area contributed by atoms with E-state index in [9.17, 15) is 0 Å². The van der Waals surface area contributed by atoms with Crippen LogP contribution in [0.4, 0.5) is 5.69 Å². The van der Waals surface area contributed by atoms with Crippen molar-refractivity contribution in [2.24, 2.45) is 0 Å². The Morgan fingerprint density at radius 1 is 1.14 bits per heavy atom. The van der Waals surface area contributed by atoms with E-state index >= 15 is 0 Å². The molecule has 4 rings (SSSR count). The summed E-state index contributed by atoms with van der Waals surface area (Å²) in [6.07, 6.45) is 2.19. The standard InChI is InChI=1S/C17H16ClNO2/c1-10-2-3-11-4-5-14(12(11)6-10)19-15-8-17-16(7-13(15)18)20-9-21-17/h2-3,6-8,14,19H,4-5,9H2,1H3. The van der Waals surface area contributed by atoms with Crippen LogP contribution in [0.3, 0.4) is 0 Å². The maximum atomic E-state index is 6.35. The van der Waals surface area contributed by atoms with Gasteiger partial charge in [-0.05, 0) is 30.9 Å². The van der Waals surface area contributed by atoms with Gasteiger partial charge in [-0.25, -0.2) is 0 Å². The highest BCUT2D eigenvalue weighted by Gasteiger charge is 2.24. The van der Waals surface area contributed by atoms with E-state index in [1.165, 1.54) is 16.7 Å². The smallest absolute Gasteiger partial charge is 0.231 e. The van der Waals surface area contributed by atoms with E-state index in [-0.39, 0.29) is 6.79 Å². The molecule has 0 saturated carbocycles. The van der Waals surface area contributed by atoms with Gasteiger partial charge in [-0.1, -0.05) is 35.4 Å². The second-order valence-corrected chi connectivity index (χ2v) is 6.03. The van der Waals surface area contributed by atoms with Crippen molar-refractivity contribution in [3.05, 3.63) is 52.0 Å². The van der Waals surface area contributed by atoms with Crippen molar-refractivity contribution in [2.75, 3.05) is 12.1 Å². The fraction of sp³-hybridized carbons (Fsp3) is 0.294. The quantitative estimate of drug-likeness (QED) is 0.887. The minimum atomic E-state index is 0.264. The first-order valence-electron chi connectivity index (χ1n) is 7.16. The third kappa shape index (κ3) is 2.22. The molecule has 1 aliphatic heterocycles. The summed E-state index contributed by atoms with van der Waals surface area (Å²) in [6.45, 7) is 2.39. The molecule has 0 amide bonds. The number of hydrogen-bond acceptors (Lipinski definition) is 3. The van der Waals surface area contributed by atoms with Gasteiger partial charge in [0.25, 0.3) is 0 Å². The van der Waals surface area contributed by atoms with Gasteiger partial charge in [0.1, 0.15) is 0 Å². The lowest BCUT2D eigenvalue weighted by atomic mass is 10.0. The number of nitrogens with one attached hydrogen (secondary N) is 1. The van der Waals surface area contributed by atoms with Gasteiger partial charge >= 0.3 is 0 Å². The van der Waals surface area contributed by atoms with E-state index in [0.717, 1.165) is 24.3 Å². The fourth-order valence-corrected chi connectivity index (χ4v) is 3.30. The number of hydrogen-bond donors (Lipinski definition) is 1. The van der Waals surface area contributed by atoms with Crippen LogP contribution >= 0.6 is 11.6 Å². The molecular weight excluding hydrogens is 286 g/mol. The predicted molar refractivity (Wildman–Crippen MR) is 83.4 cm³/mol. The fourth-order valence-electron chi connectivity index (χ4n) is 3.09. The van der Waals surface area contributed by atoms with Gasteiger partial charge in [-0.3, -0.25) is 0 Å². The summed E-state index contributed by atoms with van der Waals surface area (Å²) < 4.78 is 10.8. The number of aryl methyl sites for hydroxylation is 2. The van der Waals surface area contributed by atoms with Crippen molar-refractivity contribution in [1.29, 1.82) is 0 Å². The molecule has 0 spiro atoms. The van der Waals surface area contributed by atoms with Crippen LogP contribution in [0.15, 0.2) is 30.3 Å². The maximum absolute atomic E-state index is 6.35. The van der Waals surface area contributed by atoms with E-state index < -0.39 is 0 Å². The summed E-state index contributed by atoms with van der Waals surface area (Å²) in [7, 11) is 0. The SMILES string of the molecule is Cc1ccc2c(c1)C(Nc1cc3c(cc1Cl)OCO3)CC2. The van der Waals surface area contributed by atoms with Crippen molar-refractivity contribution >= 4 is 17.3 Å². The van der Waals surface area contributed by atoms with Gasteiger partial charge in [-0.2, -0.15) is 0 Å². The molecule has 1 atom stereocenters. The molecule has 1 N–H and O–H groups in total. The van der Waals surface area contributed by atoms with Gasteiger partial charge < -0.3 is 14.8 Å². The largest absolute Gasteiger partial charge is 0.454 e. The first-order valence-corrected chi connectivity index (χ1v) is 7.53. The predicted octanol–water partition coefficient (Wildman–Crippen LogP) is 4.48. The average molecular weight is 302 g/mol. The van der Waals surface area contributed by atoms with E-state index in [4.69, 9.17) is 21.1 Å². The second kappa shape index (κ2) is 4.85. The van der Waals surface area contributed by atoms with Gasteiger partial charge in [-0.15, -0.1) is 0 Å². The molecule has 1 unspecified atom stereocenters. The zero-order chi connectivity index (χ0) is 14.4. The van der Waals surface area contributed by atoms with Crippen molar-refractivity contribution in [2.45, 2.75) is 25.8 Å². The van der Waals surface area contributed by atoms with Crippen molar-refractivity contribution in [3.63, 3.8) is 0 Å². The summed E-state index contributed by atoms with van der Waals surface area (Å²) >= 11 is 6.35. The van der Waals surface area contributed by atoms with Gasteiger partial charge in [0.2, 0.25) is 6.79 Å². The Labute approximate surface area is 128 Å². The first-order chi connectivity index (χ1) is 10.2. The molecule has 1 heterocycles. The zero-order valence-electron chi connectivity index (χ0n) is 11.8.